The summed E-state index contributed by atoms with van der Waals surface area (Å²) in [5, 5.41) is 0.272. The maximum atomic E-state index is 12.9. The fourth-order valence-corrected chi connectivity index (χ4v) is 3.20. The minimum Gasteiger partial charge on any atom is -0.357 e. The lowest BCUT2D eigenvalue weighted by atomic mass is 9.93. The highest BCUT2D eigenvalue weighted by molar-refractivity contribution is 6.29. The predicted octanol–water partition coefficient (Wildman–Crippen LogP) is 4.24. The number of likely N-dealkylation sites (N-methyl/N-ethyl adjacent to an activating group) is 1. The van der Waals surface area contributed by atoms with E-state index in [0.717, 1.165) is 0 Å². The molecule has 0 spiro atoms. The molecule has 2 aromatic heterocycles. The van der Waals surface area contributed by atoms with Gasteiger partial charge in [0.15, 0.2) is 0 Å². The zero-order chi connectivity index (χ0) is 17.5. The molecular weight excluding hydrogens is 343 g/mol. The number of aromatic nitrogens is 2. The van der Waals surface area contributed by atoms with Crippen LogP contribution in [0.4, 0.5) is 13.2 Å². The lowest BCUT2D eigenvalue weighted by molar-refractivity contribution is -0.140. The van der Waals surface area contributed by atoms with E-state index in [2.05, 4.69) is 9.97 Å². The molecule has 1 aliphatic rings. The third-order valence-electron chi connectivity index (χ3n) is 4.11. The van der Waals surface area contributed by atoms with Crippen molar-refractivity contribution >= 4 is 17.5 Å². The average Bonchev–Trinajstić information content (AvgIpc) is 2.95. The molecule has 3 heterocycles. The van der Waals surface area contributed by atoms with Crippen LogP contribution in [0.2, 0.25) is 5.15 Å². The van der Waals surface area contributed by atoms with Gasteiger partial charge in [0.25, 0.3) is 5.91 Å². The van der Waals surface area contributed by atoms with Crippen molar-refractivity contribution in [2.75, 3.05) is 13.1 Å². The first kappa shape index (κ1) is 16.8. The fourth-order valence-electron chi connectivity index (χ4n) is 3.02. The van der Waals surface area contributed by atoms with Crippen molar-refractivity contribution in [1.29, 1.82) is 0 Å². The molecule has 0 saturated carbocycles. The fraction of sp³-hybridized carbons (Fsp3) is 0.375. The van der Waals surface area contributed by atoms with E-state index in [1.54, 1.807) is 25.1 Å². The molecular formula is C16H15ClF3N3O. The summed E-state index contributed by atoms with van der Waals surface area (Å²) in [4.78, 5) is 20.8. The van der Waals surface area contributed by atoms with Crippen LogP contribution in [0.25, 0.3) is 11.3 Å². The summed E-state index contributed by atoms with van der Waals surface area (Å²) in [6.45, 7) is 2.18. The Morgan fingerprint density at radius 2 is 2.17 bits per heavy atom. The van der Waals surface area contributed by atoms with Crippen LogP contribution < -0.4 is 0 Å². The van der Waals surface area contributed by atoms with Crippen molar-refractivity contribution in [2.24, 2.45) is 0 Å². The van der Waals surface area contributed by atoms with Gasteiger partial charge in [0.05, 0.1) is 12.0 Å². The van der Waals surface area contributed by atoms with Crippen molar-refractivity contribution in [3.8, 4) is 11.3 Å². The maximum absolute atomic E-state index is 12.9. The zero-order valence-corrected chi connectivity index (χ0v) is 13.6. The van der Waals surface area contributed by atoms with Gasteiger partial charge >= 0.3 is 6.18 Å². The zero-order valence-electron chi connectivity index (χ0n) is 12.8. The summed E-state index contributed by atoms with van der Waals surface area (Å²) in [6, 6.07) is 4.87. The van der Waals surface area contributed by atoms with E-state index >= 15 is 0 Å². The highest BCUT2D eigenvalue weighted by atomic mass is 35.5. The van der Waals surface area contributed by atoms with Gasteiger partial charge in [-0.2, -0.15) is 13.2 Å². The second kappa shape index (κ2) is 6.12. The first-order valence-corrected chi connectivity index (χ1v) is 7.87. The number of nitrogens with zero attached hydrogens (tertiary/aromatic N) is 2. The van der Waals surface area contributed by atoms with E-state index in [4.69, 9.17) is 11.6 Å². The summed E-state index contributed by atoms with van der Waals surface area (Å²) in [5.74, 6) is -1.06. The van der Waals surface area contributed by atoms with Gasteiger partial charge in [-0.05, 0) is 25.1 Å². The SMILES string of the molecule is CCN1CC(CC(F)(F)F)c2[nH]c(-c3ccnc(Cl)c3)cc2C1=O. The second-order valence-corrected chi connectivity index (χ2v) is 6.12. The Kier molecular flexibility index (Phi) is 4.29. The first-order chi connectivity index (χ1) is 11.3. The molecule has 24 heavy (non-hydrogen) atoms. The Bertz CT molecular complexity index is 772. The summed E-state index contributed by atoms with van der Waals surface area (Å²) in [6.07, 6.45) is -3.77. The molecule has 0 saturated heterocycles. The van der Waals surface area contributed by atoms with Crippen LogP contribution in [-0.4, -0.2) is 40.0 Å². The lowest BCUT2D eigenvalue weighted by Crippen LogP contribution is -2.40. The molecule has 0 aromatic carbocycles. The topological polar surface area (TPSA) is 49.0 Å². The van der Waals surface area contributed by atoms with Crippen LogP contribution in [0.1, 0.15) is 35.3 Å². The largest absolute Gasteiger partial charge is 0.389 e. The van der Waals surface area contributed by atoms with Gasteiger partial charge in [0, 0.05) is 42.2 Å². The number of fused-ring (bicyclic) bond motifs is 1. The smallest absolute Gasteiger partial charge is 0.357 e. The number of hydrogen-bond donors (Lipinski definition) is 1. The molecule has 0 radical (unpaired) electrons. The van der Waals surface area contributed by atoms with Crippen molar-refractivity contribution < 1.29 is 18.0 Å². The summed E-state index contributed by atoms with van der Waals surface area (Å²) < 4.78 is 38.7. The van der Waals surface area contributed by atoms with E-state index in [1.807, 2.05) is 0 Å². The van der Waals surface area contributed by atoms with E-state index in [0.29, 0.717) is 29.1 Å². The number of carbonyl (C=O) groups is 1. The number of hydrogen-bond acceptors (Lipinski definition) is 2. The molecule has 1 unspecified atom stereocenters. The number of amides is 1. The Morgan fingerprint density at radius 1 is 1.42 bits per heavy atom. The lowest BCUT2D eigenvalue weighted by Gasteiger charge is -2.32. The second-order valence-electron chi connectivity index (χ2n) is 5.74. The van der Waals surface area contributed by atoms with E-state index in [-0.39, 0.29) is 17.6 Å². The van der Waals surface area contributed by atoms with Crippen molar-refractivity contribution in [1.82, 2.24) is 14.9 Å². The number of rotatable bonds is 3. The molecule has 1 amide bonds. The monoisotopic (exact) mass is 357 g/mol. The van der Waals surface area contributed by atoms with Crippen LogP contribution in [0, 0.1) is 0 Å². The quantitative estimate of drug-likeness (QED) is 0.835. The van der Waals surface area contributed by atoms with Gasteiger partial charge in [-0.1, -0.05) is 11.6 Å². The number of pyridine rings is 1. The minimum atomic E-state index is -4.30. The summed E-state index contributed by atoms with van der Waals surface area (Å²) in [7, 11) is 0. The third-order valence-corrected chi connectivity index (χ3v) is 4.32. The molecule has 8 heteroatoms. The Labute approximate surface area is 141 Å². The van der Waals surface area contributed by atoms with Crippen molar-refractivity contribution in [3.63, 3.8) is 0 Å². The maximum Gasteiger partial charge on any atom is 0.389 e. The van der Waals surface area contributed by atoms with E-state index < -0.39 is 18.5 Å². The highest BCUT2D eigenvalue weighted by Gasteiger charge is 2.39. The average molecular weight is 358 g/mol. The minimum absolute atomic E-state index is 0.0545. The number of aromatic amines is 1. The molecule has 0 bridgehead atoms. The summed E-state index contributed by atoms with van der Waals surface area (Å²) in [5.41, 5.74) is 1.86. The van der Waals surface area contributed by atoms with Gasteiger partial charge in [-0.15, -0.1) is 0 Å². The predicted molar refractivity (Wildman–Crippen MR) is 84.0 cm³/mol. The normalized spacial score (nSPS) is 18.0. The molecule has 2 aromatic rings. The van der Waals surface area contributed by atoms with Crippen molar-refractivity contribution in [2.45, 2.75) is 25.4 Å². The van der Waals surface area contributed by atoms with Crippen molar-refractivity contribution in [3.05, 3.63) is 40.8 Å². The molecule has 3 rings (SSSR count). The third kappa shape index (κ3) is 3.26. The van der Waals surface area contributed by atoms with Crippen LogP contribution in [-0.2, 0) is 0 Å². The number of H-pyrrole nitrogens is 1. The number of alkyl halides is 3. The molecule has 0 aliphatic carbocycles. The van der Waals surface area contributed by atoms with E-state index in [9.17, 15) is 18.0 Å². The number of halogens is 4. The molecule has 1 N–H and O–H groups in total. The van der Waals surface area contributed by atoms with Gasteiger partial charge in [0.1, 0.15) is 5.15 Å². The Hall–Kier alpha value is -2.02. The van der Waals surface area contributed by atoms with Crippen LogP contribution >= 0.6 is 11.6 Å². The van der Waals surface area contributed by atoms with Crippen LogP contribution in [0.3, 0.4) is 0 Å². The molecule has 0 fully saturated rings. The van der Waals surface area contributed by atoms with Gasteiger partial charge < -0.3 is 9.88 Å². The van der Waals surface area contributed by atoms with Crippen LogP contribution in [0.15, 0.2) is 24.4 Å². The first-order valence-electron chi connectivity index (χ1n) is 7.49. The summed E-state index contributed by atoms with van der Waals surface area (Å²) >= 11 is 5.86. The Balaban J connectivity index is 2.05. The Morgan fingerprint density at radius 3 is 2.79 bits per heavy atom. The number of nitrogens with one attached hydrogen (secondary N) is 1. The van der Waals surface area contributed by atoms with Gasteiger partial charge in [0.2, 0.25) is 0 Å². The number of carbonyl (C=O) groups excluding carboxylic acids is 1. The highest BCUT2D eigenvalue weighted by Crippen LogP contribution is 2.38. The molecule has 1 atom stereocenters. The standard InChI is InChI=1S/C16H15ClF3N3O/c1-2-23-8-10(7-16(18,19)20)14-11(15(23)24)6-12(22-14)9-3-4-21-13(17)5-9/h3-6,10,22H,2,7-8H2,1H3. The van der Waals surface area contributed by atoms with E-state index in [1.165, 1.54) is 11.1 Å². The van der Waals surface area contributed by atoms with Gasteiger partial charge in [-0.25, -0.2) is 4.98 Å². The molecule has 1 aliphatic heterocycles. The molecule has 4 nitrogen and oxygen atoms in total. The molecule has 128 valence electrons. The van der Waals surface area contributed by atoms with Gasteiger partial charge in [-0.3, -0.25) is 4.79 Å². The van der Waals surface area contributed by atoms with Crippen LogP contribution in [0.5, 0.6) is 0 Å².